The van der Waals surface area contributed by atoms with Crippen LogP contribution in [0.4, 0.5) is 25.1 Å². The van der Waals surface area contributed by atoms with Crippen LogP contribution in [0, 0.1) is 0 Å². The summed E-state index contributed by atoms with van der Waals surface area (Å²) in [6.07, 6.45) is -4.42. The average molecular weight is 433 g/mol. The first kappa shape index (κ1) is 22.3. The molecule has 0 radical (unpaired) electrons. The van der Waals surface area contributed by atoms with Crippen molar-refractivity contribution in [3.63, 3.8) is 0 Å². The number of aliphatic hydroxyl groups excluding tert-OH is 1. The first-order valence-corrected chi connectivity index (χ1v) is 9.43. The minimum Gasteiger partial charge on any atom is -0.424 e. The molecule has 0 fully saturated rings. The van der Waals surface area contributed by atoms with E-state index in [2.05, 4.69) is 25.6 Å². The van der Waals surface area contributed by atoms with Gasteiger partial charge in [0.1, 0.15) is 5.75 Å². The van der Waals surface area contributed by atoms with Gasteiger partial charge in [-0.25, -0.2) is 0 Å². The van der Waals surface area contributed by atoms with E-state index < -0.39 is 17.3 Å². The van der Waals surface area contributed by atoms with Crippen molar-refractivity contribution in [3.8, 4) is 11.8 Å². The molecule has 2 aromatic carbocycles. The van der Waals surface area contributed by atoms with Crippen LogP contribution in [0.15, 0.2) is 54.6 Å². The summed E-state index contributed by atoms with van der Waals surface area (Å²) in [7, 11) is 0. The van der Waals surface area contributed by atoms with Crippen molar-refractivity contribution < 1.29 is 23.0 Å². The Morgan fingerprint density at radius 1 is 0.935 bits per heavy atom. The molecule has 164 valence electrons. The van der Waals surface area contributed by atoms with Crippen molar-refractivity contribution in [3.05, 3.63) is 65.7 Å². The maximum atomic E-state index is 12.9. The number of hydrogen-bond acceptors (Lipinski definition) is 7. The highest BCUT2D eigenvalue weighted by Gasteiger charge is 2.30. The minimum absolute atomic E-state index is 0.0102. The Bertz CT molecular complexity index is 1010. The number of rotatable bonds is 8. The Kier molecular flexibility index (Phi) is 6.59. The first-order chi connectivity index (χ1) is 14.6. The van der Waals surface area contributed by atoms with Gasteiger partial charge in [0.15, 0.2) is 0 Å². The number of nitrogens with one attached hydrogen (secondary N) is 2. The summed E-state index contributed by atoms with van der Waals surface area (Å²) in [4.78, 5) is 12.6. The van der Waals surface area contributed by atoms with E-state index in [1.807, 2.05) is 6.07 Å². The molecule has 7 nitrogen and oxygen atoms in total. The molecule has 0 saturated carbocycles. The Morgan fingerprint density at radius 2 is 1.65 bits per heavy atom. The molecule has 0 amide bonds. The van der Waals surface area contributed by atoms with Crippen molar-refractivity contribution in [1.82, 2.24) is 15.0 Å². The molecule has 0 aliphatic rings. The van der Waals surface area contributed by atoms with Gasteiger partial charge in [-0.2, -0.15) is 28.1 Å². The third-order valence-corrected chi connectivity index (χ3v) is 4.12. The monoisotopic (exact) mass is 433 g/mol. The number of benzene rings is 2. The second-order valence-electron chi connectivity index (χ2n) is 7.40. The van der Waals surface area contributed by atoms with Crippen LogP contribution in [0.3, 0.4) is 0 Å². The van der Waals surface area contributed by atoms with E-state index in [-0.39, 0.29) is 31.1 Å². The molecule has 0 aliphatic carbocycles. The molecule has 31 heavy (non-hydrogen) atoms. The highest BCUT2D eigenvalue weighted by Crippen LogP contribution is 2.29. The Labute approximate surface area is 177 Å². The zero-order valence-corrected chi connectivity index (χ0v) is 16.9. The number of para-hydroxylation sites is 1. The zero-order chi connectivity index (χ0) is 22.5. The normalized spacial score (nSPS) is 11.8. The standard InChI is InChI=1S/C21H22F3N5O2/c1-20(2,13-30)29-18-26-17(27-19(28-18)31-16-9-4-3-5-10-16)25-12-14-7-6-8-15(11-14)21(22,23)24/h3-11,30H,12-13H2,1-2H3,(H2,25,26,27,28,29). The average Bonchev–Trinajstić information content (AvgIpc) is 2.72. The number of aromatic nitrogens is 3. The van der Waals surface area contributed by atoms with Gasteiger partial charge < -0.3 is 20.5 Å². The molecule has 0 saturated heterocycles. The van der Waals surface area contributed by atoms with Gasteiger partial charge in [-0.05, 0) is 43.7 Å². The van der Waals surface area contributed by atoms with E-state index >= 15 is 0 Å². The number of aliphatic hydroxyl groups is 1. The van der Waals surface area contributed by atoms with Crippen molar-refractivity contribution in [2.45, 2.75) is 32.1 Å². The van der Waals surface area contributed by atoms with E-state index in [0.29, 0.717) is 11.3 Å². The van der Waals surface area contributed by atoms with Crippen LogP contribution in [0.2, 0.25) is 0 Å². The summed E-state index contributed by atoms with van der Waals surface area (Å²) in [5, 5.41) is 15.4. The molecule has 0 unspecified atom stereocenters. The maximum absolute atomic E-state index is 12.9. The fraction of sp³-hybridized carbons (Fsp3) is 0.286. The van der Waals surface area contributed by atoms with Crippen LogP contribution >= 0.6 is 0 Å². The molecule has 0 atom stereocenters. The lowest BCUT2D eigenvalue weighted by molar-refractivity contribution is -0.137. The van der Waals surface area contributed by atoms with E-state index in [1.54, 1.807) is 44.2 Å². The SMILES string of the molecule is CC(C)(CO)Nc1nc(NCc2cccc(C(F)(F)F)c2)nc(Oc2ccccc2)n1. The second-order valence-corrected chi connectivity index (χ2v) is 7.40. The summed E-state index contributed by atoms with van der Waals surface area (Å²) in [5.41, 5.74) is -1.04. The maximum Gasteiger partial charge on any atom is 0.416 e. The lowest BCUT2D eigenvalue weighted by atomic mass is 10.1. The van der Waals surface area contributed by atoms with Gasteiger partial charge in [0, 0.05) is 6.54 Å². The molecule has 10 heteroatoms. The quantitative estimate of drug-likeness (QED) is 0.482. The summed E-state index contributed by atoms with van der Waals surface area (Å²) in [6.45, 7) is 3.39. The minimum atomic E-state index is -4.42. The smallest absolute Gasteiger partial charge is 0.416 e. The lowest BCUT2D eigenvalue weighted by Gasteiger charge is -2.23. The fourth-order valence-corrected chi connectivity index (χ4v) is 2.51. The third kappa shape index (κ3) is 6.54. The van der Waals surface area contributed by atoms with Crippen LogP contribution in [0.5, 0.6) is 11.8 Å². The predicted molar refractivity (Wildman–Crippen MR) is 110 cm³/mol. The van der Waals surface area contributed by atoms with Crippen LogP contribution in [0.1, 0.15) is 25.0 Å². The van der Waals surface area contributed by atoms with Crippen LogP contribution in [-0.4, -0.2) is 32.2 Å². The van der Waals surface area contributed by atoms with E-state index in [1.165, 1.54) is 6.07 Å². The van der Waals surface area contributed by atoms with Crippen molar-refractivity contribution in [1.29, 1.82) is 0 Å². The van der Waals surface area contributed by atoms with Crippen molar-refractivity contribution in [2.24, 2.45) is 0 Å². The van der Waals surface area contributed by atoms with Gasteiger partial charge in [0.2, 0.25) is 11.9 Å². The molecule has 3 N–H and O–H groups in total. The predicted octanol–water partition coefficient (Wildman–Crippen LogP) is 4.48. The number of alkyl halides is 3. The van der Waals surface area contributed by atoms with Gasteiger partial charge >= 0.3 is 12.2 Å². The largest absolute Gasteiger partial charge is 0.424 e. The highest BCUT2D eigenvalue weighted by molar-refractivity contribution is 5.40. The number of halogens is 3. The number of anilines is 2. The molecule has 1 heterocycles. The molecule has 3 rings (SSSR count). The van der Waals surface area contributed by atoms with Crippen molar-refractivity contribution >= 4 is 11.9 Å². The summed E-state index contributed by atoms with van der Waals surface area (Å²) in [5.74, 6) is 0.756. The van der Waals surface area contributed by atoms with E-state index in [9.17, 15) is 18.3 Å². The lowest BCUT2D eigenvalue weighted by Crippen LogP contribution is -2.35. The molecular formula is C21H22F3N5O2. The van der Waals surface area contributed by atoms with Crippen LogP contribution < -0.4 is 15.4 Å². The third-order valence-electron chi connectivity index (χ3n) is 4.12. The van der Waals surface area contributed by atoms with Gasteiger partial charge in [0.25, 0.3) is 0 Å². The summed E-state index contributed by atoms with van der Waals surface area (Å²) in [6, 6.07) is 13.8. The van der Waals surface area contributed by atoms with E-state index in [4.69, 9.17) is 4.74 Å². The van der Waals surface area contributed by atoms with Crippen LogP contribution in [-0.2, 0) is 12.7 Å². The van der Waals surface area contributed by atoms with Gasteiger partial charge in [-0.15, -0.1) is 0 Å². The molecule has 3 aromatic rings. The first-order valence-electron chi connectivity index (χ1n) is 9.43. The molecule has 0 bridgehead atoms. The number of nitrogens with zero attached hydrogens (tertiary/aromatic N) is 3. The Morgan fingerprint density at radius 3 is 2.32 bits per heavy atom. The fourth-order valence-electron chi connectivity index (χ4n) is 2.51. The molecule has 0 spiro atoms. The van der Waals surface area contributed by atoms with Crippen molar-refractivity contribution in [2.75, 3.05) is 17.2 Å². The summed E-state index contributed by atoms with van der Waals surface area (Å²) < 4.78 is 44.5. The topological polar surface area (TPSA) is 92.2 Å². The molecule has 0 aliphatic heterocycles. The van der Waals surface area contributed by atoms with Gasteiger partial charge in [0.05, 0.1) is 17.7 Å². The zero-order valence-electron chi connectivity index (χ0n) is 16.9. The number of ether oxygens (including phenoxy) is 1. The highest BCUT2D eigenvalue weighted by atomic mass is 19.4. The number of hydrogen-bond donors (Lipinski definition) is 3. The van der Waals surface area contributed by atoms with E-state index in [0.717, 1.165) is 12.1 Å². The molecule has 1 aromatic heterocycles. The second kappa shape index (κ2) is 9.17. The molecular weight excluding hydrogens is 411 g/mol. The Balaban J connectivity index is 1.83. The summed E-state index contributed by atoms with van der Waals surface area (Å²) >= 11 is 0. The Hall–Kier alpha value is -3.40. The van der Waals surface area contributed by atoms with Gasteiger partial charge in [-0.3, -0.25) is 0 Å². The van der Waals surface area contributed by atoms with Gasteiger partial charge in [-0.1, -0.05) is 30.3 Å². The van der Waals surface area contributed by atoms with Crippen LogP contribution in [0.25, 0.3) is 0 Å².